The van der Waals surface area contributed by atoms with Crippen molar-refractivity contribution in [1.82, 2.24) is 9.97 Å². The Bertz CT molecular complexity index is 1170. The number of amides is 1. The Kier molecular flexibility index (Phi) is 4.37. The van der Waals surface area contributed by atoms with Gasteiger partial charge in [0.05, 0.1) is 16.6 Å². The van der Waals surface area contributed by atoms with Crippen LogP contribution in [0.15, 0.2) is 83.7 Å². The van der Waals surface area contributed by atoms with Crippen LogP contribution in [0.4, 0.5) is 5.69 Å². The number of benzene rings is 3. The highest BCUT2D eigenvalue weighted by atomic mass is 16.5. The predicted octanol–water partition coefficient (Wildman–Crippen LogP) is 3.97. The van der Waals surface area contributed by atoms with Crippen molar-refractivity contribution < 1.29 is 9.53 Å². The normalized spacial score (nSPS) is 10.5. The lowest BCUT2D eigenvalue weighted by Crippen LogP contribution is -2.21. The molecule has 0 atom stereocenters. The van der Waals surface area contributed by atoms with E-state index in [4.69, 9.17) is 4.74 Å². The van der Waals surface area contributed by atoms with E-state index in [1.54, 1.807) is 42.5 Å². The third-order valence-electron chi connectivity index (χ3n) is 3.93. The average molecular weight is 357 g/mol. The summed E-state index contributed by atoms with van der Waals surface area (Å²) in [6.07, 6.45) is 0. The zero-order valence-electron chi connectivity index (χ0n) is 14.2. The molecule has 0 fully saturated rings. The van der Waals surface area contributed by atoms with Gasteiger partial charge in [-0.25, -0.2) is 4.98 Å². The molecular weight excluding hydrogens is 342 g/mol. The Labute approximate surface area is 154 Å². The maximum Gasteiger partial charge on any atom is 0.291 e. The van der Waals surface area contributed by atoms with Gasteiger partial charge in [0.1, 0.15) is 5.75 Å². The summed E-state index contributed by atoms with van der Waals surface area (Å²) in [6.45, 7) is 0. The van der Waals surface area contributed by atoms with Crippen molar-refractivity contribution >= 4 is 22.5 Å². The SMILES string of the molecule is O=C(Nc1ccccc1Oc1ccccc1)c1nc2ccccc2c(=O)[nH]1. The quantitative estimate of drug-likeness (QED) is 0.579. The number of para-hydroxylation sites is 4. The standard InChI is InChI=1S/C21H15N3O3/c25-20-15-10-4-5-11-16(15)22-19(24-20)21(26)23-17-12-6-7-13-18(17)27-14-8-2-1-3-9-14/h1-13H,(H,23,26)(H,22,24,25). The van der Waals surface area contributed by atoms with Crippen LogP contribution in [-0.2, 0) is 0 Å². The van der Waals surface area contributed by atoms with Gasteiger partial charge in [0, 0.05) is 0 Å². The molecule has 0 radical (unpaired) electrons. The molecule has 0 unspecified atom stereocenters. The van der Waals surface area contributed by atoms with Gasteiger partial charge in [-0.15, -0.1) is 0 Å². The second kappa shape index (κ2) is 7.13. The summed E-state index contributed by atoms with van der Waals surface area (Å²) in [5, 5.41) is 3.17. The molecule has 6 heteroatoms. The number of carbonyl (C=O) groups is 1. The minimum Gasteiger partial charge on any atom is -0.455 e. The van der Waals surface area contributed by atoms with E-state index >= 15 is 0 Å². The van der Waals surface area contributed by atoms with Gasteiger partial charge in [-0.1, -0.05) is 42.5 Å². The highest BCUT2D eigenvalue weighted by Crippen LogP contribution is 2.29. The number of ether oxygens (including phenoxy) is 1. The summed E-state index contributed by atoms with van der Waals surface area (Å²) in [5.74, 6) is 0.548. The number of hydrogen-bond acceptors (Lipinski definition) is 4. The van der Waals surface area contributed by atoms with E-state index in [2.05, 4.69) is 15.3 Å². The molecule has 4 rings (SSSR count). The van der Waals surface area contributed by atoms with Crippen LogP contribution in [0.3, 0.4) is 0 Å². The smallest absolute Gasteiger partial charge is 0.291 e. The Morgan fingerprint density at radius 3 is 2.44 bits per heavy atom. The fourth-order valence-electron chi connectivity index (χ4n) is 2.65. The van der Waals surface area contributed by atoms with Crippen LogP contribution in [0.2, 0.25) is 0 Å². The fraction of sp³-hybridized carbons (Fsp3) is 0. The van der Waals surface area contributed by atoms with Crippen LogP contribution in [0.25, 0.3) is 10.9 Å². The number of carbonyl (C=O) groups excluding carboxylic acids is 1. The van der Waals surface area contributed by atoms with Gasteiger partial charge in [0.15, 0.2) is 11.6 Å². The molecule has 0 saturated carbocycles. The number of anilines is 1. The number of rotatable bonds is 4. The van der Waals surface area contributed by atoms with Gasteiger partial charge in [-0.2, -0.15) is 0 Å². The van der Waals surface area contributed by atoms with Gasteiger partial charge < -0.3 is 15.0 Å². The number of aromatic nitrogens is 2. The van der Waals surface area contributed by atoms with E-state index in [0.29, 0.717) is 28.1 Å². The molecule has 0 aliphatic rings. The van der Waals surface area contributed by atoms with Crippen molar-refractivity contribution in [3.8, 4) is 11.5 Å². The molecule has 3 aromatic carbocycles. The molecule has 0 spiro atoms. The lowest BCUT2D eigenvalue weighted by atomic mass is 10.2. The molecule has 6 nitrogen and oxygen atoms in total. The summed E-state index contributed by atoms with van der Waals surface area (Å²) < 4.78 is 5.83. The van der Waals surface area contributed by atoms with Crippen LogP contribution in [0.5, 0.6) is 11.5 Å². The van der Waals surface area contributed by atoms with Gasteiger partial charge in [-0.3, -0.25) is 9.59 Å². The summed E-state index contributed by atoms with van der Waals surface area (Å²) in [5.41, 5.74) is 0.571. The van der Waals surface area contributed by atoms with E-state index in [-0.39, 0.29) is 11.4 Å². The summed E-state index contributed by atoms with van der Waals surface area (Å²) in [6, 6.07) is 23.2. The minimum atomic E-state index is -0.526. The number of nitrogens with one attached hydrogen (secondary N) is 2. The first kappa shape index (κ1) is 16.5. The maximum absolute atomic E-state index is 12.6. The lowest BCUT2D eigenvalue weighted by Gasteiger charge is -2.12. The molecule has 1 heterocycles. The summed E-state index contributed by atoms with van der Waals surface area (Å²) in [7, 11) is 0. The van der Waals surface area contributed by atoms with Crippen LogP contribution in [-0.4, -0.2) is 15.9 Å². The Balaban J connectivity index is 1.63. The van der Waals surface area contributed by atoms with E-state index in [0.717, 1.165) is 0 Å². The molecule has 0 aliphatic heterocycles. The molecule has 0 aliphatic carbocycles. The largest absolute Gasteiger partial charge is 0.455 e. The Hall–Kier alpha value is -3.93. The van der Waals surface area contributed by atoms with Crippen LogP contribution < -0.4 is 15.6 Å². The van der Waals surface area contributed by atoms with Crippen molar-refractivity contribution in [2.24, 2.45) is 0 Å². The Morgan fingerprint density at radius 2 is 1.59 bits per heavy atom. The number of hydrogen-bond donors (Lipinski definition) is 2. The Morgan fingerprint density at radius 1 is 0.889 bits per heavy atom. The second-order valence-corrected chi connectivity index (χ2v) is 5.80. The zero-order valence-corrected chi connectivity index (χ0v) is 14.2. The average Bonchev–Trinajstić information content (AvgIpc) is 2.70. The summed E-state index contributed by atoms with van der Waals surface area (Å²) >= 11 is 0. The van der Waals surface area contributed by atoms with E-state index in [1.807, 2.05) is 36.4 Å². The number of nitrogens with zero attached hydrogens (tertiary/aromatic N) is 1. The zero-order chi connectivity index (χ0) is 18.6. The molecule has 4 aromatic rings. The first-order valence-corrected chi connectivity index (χ1v) is 8.33. The third kappa shape index (κ3) is 3.55. The number of H-pyrrole nitrogens is 1. The van der Waals surface area contributed by atoms with Crippen molar-refractivity contribution in [3.63, 3.8) is 0 Å². The monoisotopic (exact) mass is 357 g/mol. The lowest BCUT2D eigenvalue weighted by molar-refractivity contribution is 0.101. The molecule has 1 amide bonds. The van der Waals surface area contributed by atoms with Crippen LogP contribution >= 0.6 is 0 Å². The molecule has 0 saturated heterocycles. The predicted molar refractivity (Wildman–Crippen MR) is 103 cm³/mol. The van der Waals surface area contributed by atoms with Gasteiger partial charge >= 0.3 is 0 Å². The third-order valence-corrected chi connectivity index (χ3v) is 3.93. The van der Waals surface area contributed by atoms with Gasteiger partial charge in [0.25, 0.3) is 11.5 Å². The topological polar surface area (TPSA) is 84.1 Å². The highest BCUT2D eigenvalue weighted by molar-refractivity contribution is 6.03. The van der Waals surface area contributed by atoms with Crippen molar-refractivity contribution in [1.29, 1.82) is 0 Å². The van der Waals surface area contributed by atoms with Gasteiger partial charge in [0.2, 0.25) is 0 Å². The maximum atomic E-state index is 12.6. The molecule has 2 N–H and O–H groups in total. The van der Waals surface area contributed by atoms with E-state index in [1.165, 1.54) is 0 Å². The first-order valence-electron chi connectivity index (χ1n) is 8.33. The molecular formula is C21H15N3O3. The number of fused-ring (bicyclic) bond motifs is 1. The summed E-state index contributed by atoms with van der Waals surface area (Å²) in [4.78, 5) is 31.5. The molecule has 132 valence electrons. The molecule has 0 bridgehead atoms. The second-order valence-electron chi connectivity index (χ2n) is 5.80. The molecule has 1 aromatic heterocycles. The van der Waals surface area contributed by atoms with Crippen molar-refractivity contribution in [3.05, 3.63) is 95.0 Å². The fourth-order valence-corrected chi connectivity index (χ4v) is 2.65. The minimum absolute atomic E-state index is 0.0618. The number of aromatic amines is 1. The van der Waals surface area contributed by atoms with Gasteiger partial charge in [-0.05, 0) is 36.4 Å². The van der Waals surface area contributed by atoms with Crippen LogP contribution in [0.1, 0.15) is 10.6 Å². The molecule has 27 heavy (non-hydrogen) atoms. The highest BCUT2D eigenvalue weighted by Gasteiger charge is 2.14. The van der Waals surface area contributed by atoms with Crippen molar-refractivity contribution in [2.45, 2.75) is 0 Å². The van der Waals surface area contributed by atoms with E-state index < -0.39 is 5.91 Å². The van der Waals surface area contributed by atoms with Crippen molar-refractivity contribution in [2.75, 3.05) is 5.32 Å². The first-order chi connectivity index (χ1) is 13.2. The van der Waals surface area contributed by atoms with Crippen LogP contribution in [0, 0.1) is 0 Å². The van der Waals surface area contributed by atoms with E-state index in [9.17, 15) is 9.59 Å².